The highest BCUT2D eigenvalue weighted by Gasteiger charge is 2.35. The Morgan fingerprint density at radius 3 is 2.63 bits per heavy atom. The van der Waals surface area contributed by atoms with Gasteiger partial charge in [-0.3, -0.25) is 4.79 Å². The van der Waals surface area contributed by atoms with E-state index in [0.29, 0.717) is 19.6 Å². The van der Waals surface area contributed by atoms with Gasteiger partial charge in [-0.05, 0) is 20.0 Å². The van der Waals surface area contributed by atoms with Crippen LogP contribution in [0.4, 0.5) is 35.0 Å². The predicted molar refractivity (Wildman–Crippen MR) is 123 cm³/mol. The van der Waals surface area contributed by atoms with Gasteiger partial charge < -0.3 is 30.2 Å². The molecule has 9 nitrogen and oxygen atoms in total. The van der Waals surface area contributed by atoms with Crippen molar-refractivity contribution in [3.8, 4) is 5.75 Å². The zero-order valence-electron chi connectivity index (χ0n) is 19.5. The maximum atomic E-state index is 15.1. The molecule has 4 rings (SSSR count). The number of fused-ring (bicyclic) bond motifs is 1. The number of H-pyrrole nitrogens is 1. The van der Waals surface area contributed by atoms with Gasteiger partial charge in [-0.25, -0.2) is 4.39 Å². The van der Waals surface area contributed by atoms with Crippen LogP contribution in [0.1, 0.15) is 22.8 Å². The fourth-order valence-electron chi connectivity index (χ4n) is 4.19. The maximum Gasteiger partial charge on any atom is 0.418 e. The monoisotopic (exact) mass is 495 g/mol. The lowest BCUT2D eigenvalue weighted by Gasteiger charge is -2.38. The number of carbonyl (C=O) groups excluding carboxylic acids is 1. The van der Waals surface area contributed by atoms with Gasteiger partial charge in [0.2, 0.25) is 5.95 Å². The van der Waals surface area contributed by atoms with Crippen molar-refractivity contribution in [2.24, 2.45) is 0 Å². The van der Waals surface area contributed by atoms with E-state index in [1.807, 2.05) is 14.0 Å². The highest BCUT2D eigenvalue weighted by atomic mass is 19.4. The van der Waals surface area contributed by atoms with Crippen LogP contribution in [0.3, 0.4) is 0 Å². The van der Waals surface area contributed by atoms with Gasteiger partial charge in [-0.15, -0.1) is 0 Å². The average Bonchev–Trinajstić information content (AvgIpc) is 3.23. The Labute approximate surface area is 198 Å². The molecule has 1 aliphatic rings. The summed E-state index contributed by atoms with van der Waals surface area (Å²) in [5.41, 5.74) is -1.00. The summed E-state index contributed by atoms with van der Waals surface area (Å²) in [6, 6.07) is 2.28. The molecule has 3 heterocycles. The number of carbonyl (C=O) groups is 1. The van der Waals surface area contributed by atoms with Crippen molar-refractivity contribution in [2.75, 3.05) is 51.5 Å². The fraction of sp³-hybridized carbons (Fsp3) is 0.409. The summed E-state index contributed by atoms with van der Waals surface area (Å²) in [6.07, 6.45) is -3.79. The normalized spacial score (nSPS) is 17.0. The fourth-order valence-corrected chi connectivity index (χ4v) is 4.19. The van der Waals surface area contributed by atoms with E-state index >= 15 is 4.39 Å². The number of anilines is 3. The molecule has 2 aromatic heterocycles. The lowest BCUT2D eigenvalue weighted by atomic mass is 10.1. The molecule has 188 valence electrons. The number of rotatable bonds is 5. The summed E-state index contributed by atoms with van der Waals surface area (Å²) >= 11 is 0. The van der Waals surface area contributed by atoms with Gasteiger partial charge in [-0.1, -0.05) is 0 Å². The van der Waals surface area contributed by atoms with Crippen molar-refractivity contribution >= 4 is 34.4 Å². The van der Waals surface area contributed by atoms with Gasteiger partial charge in [0.1, 0.15) is 23.0 Å². The Morgan fingerprint density at radius 1 is 1.26 bits per heavy atom. The maximum absolute atomic E-state index is 15.1. The highest BCUT2D eigenvalue weighted by Crippen LogP contribution is 2.38. The van der Waals surface area contributed by atoms with Crippen molar-refractivity contribution in [3.05, 3.63) is 35.3 Å². The lowest BCUT2D eigenvalue weighted by molar-refractivity contribution is -0.136. The topological polar surface area (TPSA) is 98.4 Å². The molecular formula is C22H25F4N7O2. The van der Waals surface area contributed by atoms with E-state index < -0.39 is 23.5 Å². The largest absolute Gasteiger partial charge is 0.495 e. The van der Waals surface area contributed by atoms with Gasteiger partial charge in [0.15, 0.2) is 0 Å². The van der Waals surface area contributed by atoms with E-state index in [1.165, 1.54) is 20.2 Å². The number of halogens is 4. The second kappa shape index (κ2) is 9.21. The number of nitrogens with one attached hydrogen (secondary N) is 3. The van der Waals surface area contributed by atoms with Crippen LogP contribution in [0.15, 0.2) is 18.3 Å². The summed E-state index contributed by atoms with van der Waals surface area (Å²) in [6.45, 7) is 3.72. The van der Waals surface area contributed by atoms with Crippen molar-refractivity contribution < 1.29 is 27.1 Å². The van der Waals surface area contributed by atoms with E-state index in [0.717, 1.165) is 12.3 Å². The van der Waals surface area contributed by atoms with Gasteiger partial charge in [-0.2, -0.15) is 23.1 Å². The molecule has 1 aliphatic heterocycles. The second-order valence-electron chi connectivity index (χ2n) is 8.34. The molecule has 35 heavy (non-hydrogen) atoms. The molecule has 0 bridgehead atoms. The number of benzene rings is 1. The minimum atomic E-state index is -4.60. The first-order valence-electron chi connectivity index (χ1n) is 10.8. The van der Waals surface area contributed by atoms with E-state index in [2.05, 4.69) is 30.5 Å². The van der Waals surface area contributed by atoms with Crippen LogP contribution in [0, 0.1) is 5.82 Å². The molecule has 0 unspecified atom stereocenters. The van der Waals surface area contributed by atoms with Crippen LogP contribution in [0.25, 0.3) is 11.0 Å². The number of ether oxygens (including phenoxy) is 1. The molecule has 1 aromatic carbocycles. The van der Waals surface area contributed by atoms with E-state index in [4.69, 9.17) is 4.74 Å². The second-order valence-corrected chi connectivity index (χ2v) is 8.34. The number of amides is 1. The molecule has 1 amide bonds. The first kappa shape index (κ1) is 24.5. The third-order valence-corrected chi connectivity index (χ3v) is 5.93. The zero-order chi connectivity index (χ0) is 25.5. The molecule has 0 saturated carbocycles. The third kappa shape index (κ3) is 4.67. The third-order valence-electron chi connectivity index (χ3n) is 5.93. The van der Waals surface area contributed by atoms with Crippen LogP contribution in [-0.4, -0.2) is 77.5 Å². The van der Waals surface area contributed by atoms with Crippen molar-refractivity contribution in [3.63, 3.8) is 0 Å². The number of alkyl halides is 3. The average molecular weight is 495 g/mol. The molecule has 13 heteroatoms. The Bertz CT molecular complexity index is 1260. The summed E-state index contributed by atoms with van der Waals surface area (Å²) in [7, 11) is 4.74. The SMILES string of the molecule is CNc1nc(Nc2cc(F)c(C(=O)N3CCN(C)C[C@H]3C)cc2OC)nc2[nH]cc(C(F)(F)F)c12. The number of hydrogen-bond donors (Lipinski definition) is 3. The summed E-state index contributed by atoms with van der Waals surface area (Å²) in [4.78, 5) is 27.4. The summed E-state index contributed by atoms with van der Waals surface area (Å²) < 4.78 is 60.4. The Morgan fingerprint density at radius 2 is 2.00 bits per heavy atom. The van der Waals surface area contributed by atoms with Gasteiger partial charge >= 0.3 is 6.18 Å². The van der Waals surface area contributed by atoms with Crippen LogP contribution in [0.5, 0.6) is 5.75 Å². The quantitative estimate of drug-likeness (QED) is 0.465. The van der Waals surface area contributed by atoms with Crippen molar-refractivity contribution in [1.82, 2.24) is 24.8 Å². The lowest BCUT2D eigenvalue weighted by Crippen LogP contribution is -2.52. The number of likely N-dealkylation sites (N-methyl/N-ethyl adjacent to an activating group) is 1. The number of aromatic amines is 1. The highest BCUT2D eigenvalue weighted by molar-refractivity contribution is 5.96. The molecule has 3 N–H and O–H groups in total. The summed E-state index contributed by atoms with van der Waals surface area (Å²) in [5.74, 6) is -1.25. The zero-order valence-corrected chi connectivity index (χ0v) is 19.5. The molecule has 0 radical (unpaired) electrons. The minimum absolute atomic E-state index is 0.0607. The molecular weight excluding hydrogens is 470 g/mol. The molecule has 3 aromatic rings. The van der Waals surface area contributed by atoms with Crippen molar-refractivity contribution in [1.29, 1.82) is 0 Å². The number of piperazine rings is 1. The van der Waals surface area contributed by atoms with Crippen LogP contribution in [0.2, 0.25) is 0 Å². The van der Waals surface area contributed by atoms with Crippen LogP contribution in [-0.2, 0) is 6.18 Å². The molecule has 1 atom stereocenters. The van der Waals surface area contributed by atoms with E-state index in [9.17, 15) is 18.0 Å². The van der Waals surface area contributed by atoms with Gasteiger partial charge in [0, 0.05) is 45.0 Å². The predicted octanol–water partition coefficient (Wildman–Crippen LogP) is 3.69. The molecule has 1 fully saturated rings. The first-order chi connectivity index (χ1) is 16.5. The molecule has 1 saturated heterocycles. The Kier molecular flexibility index (Phi) is 6.45. The smallest absolute Gasteiger partial charge is 0.418 e. The van der Waals surface area contributed by atoms with Crippen LogP contribution >= 0.6 is 0 Å². The summed E-state index contributed by atoms with van der Waals surface area (Å²) in [5, 5.41) is 5.19. The van der Waals surface area contributed by atoms with Gasteiger partial charge in [0.25, 0.3) is 5.91 Å². The minimum Gasteiger partial charge on any atom is -0.495 e. The standard InChI is InChI=1S/C22H25F4N7O2/c1-11-10-32(3)5-6-33(11)20(34)12-7-16(35-4)15(8-14(12)23)29-21-30-18(27-2)17-13(22(24,25)26)9-28-19(17)31-21/h7-9,11H,5-6,10H2,1-4H3,(H3,27,28,29,30,31)/t11-/m1/s1. The number of hydrogen-bond acceptors (Lipinski definition) is 7. The van der Waals surface area contributed by atoms with Crippen molar-refractivity contribution in [2.45, 2.75) is 19.1 Å². The first-order valence-corrected chi connectivity index (χ1v) is 10.8. The van der Waals surface area contributed by atoms with E-state index in [1.54, 1.807) is 4.90 Å². The van der Waals surface area contributed by atoms with Gasteiger partial charge in [0.05, 0.1) is 29.3 Å². The molecule has 0 spiro atoms. The Hall–Kier alpha value is -3.61. The number of methoxy groups -OCH3 is 1. The van der Waals surface area contributed by atoms with Crippen LogP contribution < -0.4 is 15.4 Å². The van der Waals surface area contributed by atoms with E-state index in [-0.39, 0.29) is 45.8 Å². The number of nitrogens with zero attached hydrogens (tertiary/aromatic N) is 4. The Balaban J connectivity index is 1.67. The molecule has 0 aliphatic carbocycles. The number of aromatic nitrogens is 3.